The maximum atomic E-state index is 6.18. The zero-order chi connectivity index (χ0) is 11.3. The second kappa shape index (κ2) is 3.14. The molecule has 3 rings (SSSR count). The summed E-state index contributed by atoms with van der Waals surface area (Å²) in [6.07, 6.45) is 1.82. The van der Waals surface area contributed by atoms with E-state index in [1.54, 1.807) is 0 Å². The van der Waals surface area contributed by atoms with Crippen molar-refractivity contribution in [2.45, 2.75) is 38.3 Å². The minimum absolute atomic E-state index is 0.0493. The summed E-state index contributed by atoms with van der Waals surface area (Å²) in [5.41, 5.74) is 8.30. The summed E-state index contributed by atoms with van der Waals surface area (Å²) in [6.45, 7) is 4.90. The number of benzene rings is 1. The van der Waals surface area contributed by atoms with Crippen LogP contribution in [0, 0.1) is 0 Å². The lowest BCUT2D eigenvalue weighted by atomic mass is 9.89. The smallest absolute Gasteiger partial charge is 0.167 e. The Morgan fingerprint density at radius 2 is 2.12 bits per heavy atom. The summed E-state index contributed by atoms with van der Waals surface area (Å²) in [4.78, 5) is 0. The van der Waals surface area contributed by atoms with Gasteiger partial charge in [0.15, 0.2) is 11.5 Å². The molecule has 86 valence electrons. The lowest BCUT2D eigenvalue weighted by Crippen LogP contribution is -2.37. The number of fused-ring (bicyclic) bond motifs is 3. The highest BCUT2D eigenvalue weighted by Crippen LogP contribution is 2.47. The third-order valence-electron chi connectivity index (χ3n) is 3.33. The van der Waals surface area contributed by atoms with Crippen molar-refractivity contribution < 1.29 is 9.47 Å². The van der Waals surface area contributed by atoms with Gasteiger partial charge < -0.3 is 15.2 Å². The quantitative estimate of drug-likeness (QED) is 0.727. The van der Waals surface area contributed by atoms with Crippen molar-refractivity contribution in [1.82, 2.24) is 0 Å². The molecule has 1 unspecified atom stereocenters. The minimum Gasteiger partial charge on any atom is -0.489 e. The van der Waals surface area contributed by atoms with Gasteiger partial charge in [0.2, 0.25) is 0 Å². The standard InChI is InChI=1S/C13H17NO2/c1-13(2)7-10(14)9-4-3-8-5-6-15-11(8)12(9)16-13/h3-4,10H,5-7,14H2,1-2H3. The van der Waals surface area contributed by atoms with Crippen LogP contribution in [0.25, 0.3) is 0 Å². The molecular formula is C13H17NO2. The van der Waals surface area contributed by atoms with Gasteiger partial charge in [-0.1, -0.05) is 12.1 Å². The summed E-state index contributed by atoms with van der Waals surface area (Å²) in [7, 11) is 0. The first-order valence-corrected chi connectivity index (χ1v) is 5.80. The predicted octanol–water partition coefficient (Wildman–Crippen LogP) is 2.18. The third kappa shape index (κ3) is 1.39. The Morgan fingerprint density at radius 3 is 2.94 bits per heavy atom. The van der Waals surface area contributed by atoms with Crippen LogP contribution in [0.15, 0.2) is 12.1 Å². The number of nitrogens with two attached hydrogens (primary N) is 1. The van der Waals surface area contributed by atoms with E-state index >= 15 is 0 Å². The first kappa shape index (κ1) is 9.97. The molecule has 0 fully saturated rings. The average Bonchev–Trinajstić information content (AvgIpc) is 2.63. The molecule has 1 aromatic rings. The van der Waals surface area contributed by atoms with Gasteiger partial charge in [-0.25, -0.2) is 0 Å². The van der Waals surface area contributed by atoms with Gasteiger partial charge in [0.25, 0.3) is 0 Å². The van der Waals surface area contributed by atoms with Crippen molar-refractivity contribution in [1.29, 1.82) is 0 Å². The molecule has 2 N–H and O–H groups in total. The molecule has 0 saturated heterocycles. The predicted molar refractivity (Wildman–Crippen MR) is 61.9 cm³/mol. The fourth-order valence-electron chi connectivity index (χ4n) is 2.59. The van der Waals surface area contributed by atoms with Gasteiger partial charge >= 0.3 is 0 Å². The number of ether oxygens (including phenoxy) is 2. The molecule has 1 atom stereocenters. The Kier molecular flexibility index (Phi) is 1.96. The number of rotatable bonds is 0. The maximum absolute atomic E-state index is 6.18. The lowest BCUT2D eigenvalue weighted by Gasteiger charge is -2.36. The summed E-state index contributed by atoms with van der Waals surface area (Å²) in [5.74, 6) is 1.79. The molecule has 3 heteroatoms. The topological polar surface area (TPSA) is 44.5 Å². The molecule has 0 bridgehead atoms. The molecule has 0 aliphatic carbocycles. The first-order chi connectivity index (χ1) is 7.57. The van der Waals surface area contributed by atoms with Crippen LogP contribution < -0.4 is 15.2 Å². The normalized spacial score (nSPS) is 25.3. The van der Waals surface area contributed by atoms with E-state index in [0.717, 1.165) is 36.5 Å². The summed E-state index contributed by atoms with van der Waals surface area (Å²) in [6, 6.07) is 4.25. The fourth-order valence-corrected chi connectivity index (χ4v) is 2.59. The van der Waals surface area contributed by atoms with Crippen LogP contribution in [0.2, 0.25) is 0 Å². The van der Waals surface area contributed by atoms with E-state index in [-0.39, 0.29) is 11.6 Å². The SMILES string of the molecule is CC1(C)CC(N)c2ccc3c(c2O1)OCC3. The van der Waals surface area contributed by atoms with Crippen molar-refractivity contribution in [3.8, 4) is 11.5 Å². The second-order valence-corrected chi connectivity index (χ2v) is 5.24. The Hall–Kier alpha value is -1.22. The minimum atomic E-state index is -0.201. The van der Waals surface area contributed by atoms with Crippen LogP contribution in [-0.2, 0) is 6.42 Å². The largest absolute Gasteiger partial charge is 0.489 e. The highest BCUT2D eigenvalue weighted by Gasteiger charge is 2.35. The Morgan fingerprint density at radius 1 is 1.31 bits per heavy atom. The van der Waals surface area contributed by atoms with Crippen LogP contribution in [0.3, 0.4) is 0 Å². The molecule has 16 heavy (non-hydrogen) atoms. The molecule has 0 spiro atoms. The van der Waals surface area contributed by atoms with Crippen molar-refractivity contribution in [3.63, 3.8) is 0 Å². The maximum Gasteiger partial charge on any atom is 0.167 e. The van der Waals surface area contributed by atoms with Crippen LogP contribution >= 0.6 is 0 Å². The Balaban J connectivity index is 2.15. The van der Waals surface area contributed by atoms with Crippen LogP contribution in [0.1, 0.15) is 37.4 Å². The van der Waals surface area contributed by atoms with Gasteiger partial charge in [0.05, 0.1) is 6.61 Å². The van der Waals surface area contributed by atoms with E-state index in [2.05, 4.69) is 26.0 Å². The van der Waals surface area contributed by atoms with Crippen LogP contribution in [0.4, 0.5) is 0 Å². The van der Waals surface area contributed by atoms with Crippen molar-refractivity contribution in [3.05, 3.63) is 23.3 Å². The Bertz CT molecular complexity index is 440. The van der Waals surface area contributed by atoms with Crippen molar-refractivity contribution >= 4 is 0 Å². The molecule has 0 amide bonds. The van der Waals surface area contributed by atoms with E-state index in [1.165, 1.54) is 5.56 Å². The number of hydrogen-bond donors (Lipinski definition) is 1. The van der Waals surface area contributed by atoms with E-state index in [0.29, 0.717) is 0 Å². The van der Waals surface area contributed by atoms with Gasteiger partial charge in [-0.15, -0.1) is 0 Å². The molecule has 2 aliphatic rings. The molecule has 2 aliphatic heterocycles. The highest BCUT2D eigenvalue weighted by molar-refractivity contribution is 5.55. The van der Waals surface area contributed by atoms with Gasteiger partial charge in [-0.2, -0.15) is 0 Å². The zero-order valence-electron chi connectivity index (χ0n) is 9.75. The van der Waals surface area contributed by atoms with Gasteiger partial charge in [0.1, 0.15) is 5.60 Å². The van der Waals surface area contributed by atoms with Gasteiger partial charge in [0, 0.05) is 30.0 Å². The van der Waals surface area contributed by atoms with Crippen molar-refractivity contribution in [2.24, 2.45) is 5.73 Å². The molecule has 0 radical (unpaired) electrons. The molecule has 0 aromatic heterocycles. The second-order valence-electron chi connectivity index (χ2n) is 5.24. The summed E-state index contributed by atoms with van der Waals surface area (Å²) in [5, 5.41) is 0. The van der Waals surface area contributed by atoms with E-state index in [1.807, 2.05) is 0 Å². The van der Waals surface area contributed by atoms with Crippen LogP contribution in [0.5, 0.6) is 11.5 Å². The first-order valence-electron chi connectivity index (χ1n) is 5.80. The molecule has 1 aromatic carbocycles. The monoisotopic (exact) mass is 219 g/mol. The molecule has 3 nitrogen and oxygen atoms in total. The van der Waals surface area contributed by atoms with E-state index in [4.69, 9.17) is 15.2 Å². The molecular weight excluding hydrogens is 202 g/mol. The number of hydrogen-bond acceptors (Lipinski definition) is 3. The highest BCUT2D eigenvalue weighted by atomic mass is 16.5. The van der Waals surface area contributed by atoms with E-state index < -0.39 is 0 Å². The average molecular weight is 219 g/mol. The fraction of sp³-hybridized carbons (Fsp3) is 0.538. The lowest BCUT2D eigenvalue weighted by molar-refractivity contribution is 0.0688. The molecule has 2 heterocycles. The zero-order valence-corrected chi connectivity index (χ0v) is 9.75. The van der Waals surface area contributed by atoms with Gasteiger partial charge in [-0.05, 0) is 13.8 Å². The summed E-state index contributed by atoms with van der Waals surface area (Å²) >= 11 is 0. The van der Waals surface area contributed by atoms with Crippen molar-refractivity contribution in [2.75, 3.05) is 6.61 Å². The Labute approximate surface area is 95.5 Å². The summed E-state index contributed by atoms with van der Waals surface area (Å²) < 4.78 is 11.7. The van der Waals surface area contributed by atoms with E-state index in [9.17, 15) is 0 Å². The van der Waals surface area contributed by atoms with Gasteiger partial charge in [-0.3, -0.25) is 0 Å². The van der Waals surface area contributed by atoms with Crippen LogP contribution in [-0.4, -0.2) is 12.2 Å². The molecule has 0 saturated carbocycles. The third-order valence-corrected chi connectivity index (χ3v) is 3.33.